The summed E-state index contributed by atoms with van der Waals surface area (Å²) >= 11 is 0. The number of fused-ring (bicyclic) bond motifs is 1. The summed E-state index contributed by atoms with van der Waals surface area (Å²) in [5.74, 6) is -0.437. The van der Waals surface area contributed by atoms with E-state index in [2.05, 4.69) is 4.98 Å². The Labute approximate surface area is 147 Å². The molecule has 18 heavy (non-hydrogen) atoms. The minimum atomic E-state index is -1.35. The average Bonchev–Trinajstić information content (AvgIpc) is 2.36. The number of benzene rings is 1. The molecular weight excluding hydrogens is 261 g/mol. The van der Waals surface area contributed by atoms with Gasteiger partial charge in [-0.15, -0.1) is 0 Å². The Bertz CT molecular complexity index is 586. The predicted molar refractivity (Wildman–Crippen MR) is 59.2 cm³/mol. The summed E-state index contributed by atoms with van der Waals surface area (Å²) in [4.78, 5) is 14.8. The molecule has 88 valence electrons. The second-order valence-corrected chi connectivity index (χ2v) is 3.35. The number of carbonyl (C=O) groups excluding carboxylic acids is 1. The number of hydrogen-bond donors (Lipinski definition) is 0. The van der Waals surface area contributed by atoms with E-state index in [0.717, 1.165) is 0 Å². The number of methoxy groups -OCH3 is 2. The molecule has 0 saturated heterocycles. The van der Waals surface area contributed by atoms with Crippen molar-refractivity contribution in [3.8, 4) is 11.5 Å². The van der Waals surface area contributed by atoms with E-state index in [9.17, 15) is 9.90 Å². The first-order valence-corrected chi connectivity index (χ1v) is 4.90. The van der Waals surface area contributed by atoms with Crippen LogP contribution in [0.2, 0.25) is 0 Å². The fraction of sp³-hybridized carbons (Fsp3) is 0.167. The van der Waals surface area contributed by atoms with Crippen LogP contribution < -0.4 is 66.0 Å². The van der Waals surface area contributed by atoms with Gasteiger partial charge < -0.3 is 19.4 Å². The summed E-state index contributed by atoms with van der Waals surface area (Å²) in [6.45, 7) is 0. The smallest absolute Gasteiger partial charge is 0.543 e. The third-order valence-corrected chi connectivity index (χ3v) is 2.41. The molecule has 5 nitrogen and oxygen atoms in total. The van der Waals surface area contributed by atoms with Crippen LogP contribution in [-0.2, 0) is 0 Å². The van der Waals surface area contributed by atoms with Crippen LogP contribution in [0.4, 0.5) is 0 Å². The van der Waals surface area contributed by atoms with E-state index in [1.807, 2.05) is 0 Å². The molecular formula is C12H10KNO4. The summed E-state index contributed by atoms with van der Waals surface area (Å²) < 4.78 is 10.3. The van der Waals surface area contributed by atoms with Gasteiger partial charge in [0.25, 0.3) is 0 Å². The van der Waals surface area contributed by atoms with Gasteiger partial charge in [-0.3, -0.25) is 0 Å². The number of carboxylic acid groups (broad SMARTS) is 1. The van der Waals surface area contributed by atoms with Gasteiger partial charge in [0.2, 0.25) is 0 Å². The molecule has 0 saturated carbocycles. The normalized spacial score (nSPS) is 9.67. The van der Waals surface area contributed by atoms with Crippen LogP contribution >= 0.6 is 0 Å². The Kier molecular flexibility index (Phi) is 5.55. The van der Waals surface area contributed by atoms with Gasteiger partial charge in [0.1, 0.15) is 17.0 Å². The largest absolute Gasteiger partial charge is 1.00 e. The molecule has 1 aromatic carbocycles. The summed E-state index contributed by atoms with van der Waals surface area (Å²) in [6.07, 6.45) is 0. The van der Waals surface area contributed by atoms with Crippen molar-refractivity contribution in [3.63, 3.8) is 0 Å². The van der Waals surface area contributed by atoms with Crippen molar-refractivity contribution in [2.45, 2.75) is 0 Å². The predicted octanol–water partition coefficient (Wildman–Crippen LogP) is -2.38. The van der Waals surface area contributed by atoms with Crippen molar-refractivity contribution in [3.05, 3.63) is 30.0 Å². The van der Waals surface area contributed by atoms with Gasteiger partial charge in [0.15, 0.2) is 0 Å². The van der Waals surface area contributed by atoms with Crippen molar-refractivity contribution in [2.24, 2.45) is 0 Å². The van der Waals surface area contributed by atoms with Crippen molar-refractivity contribution >= 4 is 16.9 Å². The zero-order chi connectivity index (χ0) is 12.4. The monoisotopic (exact) mass is 271 g/mol. The SMILES string of the molecule is COc1cc(C(=O)[O-])nc2c(OC)cccc12.[K+]. The van der Waals surface area contributed by atoms with Crippen LogP contribution in [0.25, 0.3) is 10.9 Å². The molecule has 0 amide bonds. The van der Waals surface area contributed by atoms with Crippen LogP contribution in [0.5, 0.6) is 11.5 Å². The fourth-order valence-electron chi connectivity index (χ4n) is 1.63. The van der Waals surface area contributed by atoms with E-state index in [1.54, 1.807) is 18.2 Å². The van der Waals surface area contributed by atoms with Gasteiger partial charge in [0, 0.05) is 11.5 Å². The van der Waals surface area contributed by atoms with E-state index >= 15 is 0 Å². The van der Waals surface area contributed by atoms with Gasteiger partial charge in [-0.2, -0.15) is 0 Å². The molecule has 6 heteroatoms. The molecule has 0 atom stereocenters. The maximum atomic E-state index is 10.8. The zero-order valence-electron chi connectivity index (χ0n) is 10.4. The van der Waals surface area contributed by atoms with E-state index in [4.69, 9.17) is 9.47 Å². The van der Waals surface area contributed by atoms with E-state index in [-0.39, 0.29) is 57.1 Å². The van der Waals surface area contributed by atoms with E-state index in [1.165, 1.54) is 20.3 Å². The first-order valence-electron chi connectivity index (χ1n) is 4.90. The number of aromatic carboxylic acids is 1. The molecule has 1 heterocycles. The molecule has 0 spiro atoms. The molecule has 0 aliphatic carbocycles. The number of pyridine rings is 1. The molecule has 2 rings (SSSR count). The molecule has 0 bridgehead atoms. The average molecular weight is 271 g/mol. The Morgan fingerprint density at radius 3 is 2.44 bits per heavy atom. The first kappa shape index (κ1) is 15.4. The minimum absolute atomic E-state index is 0. The summed E-state index contributed by atoms with van der Waals surface area (Å²) in [6, 6.07) is 6.59. The topological polar surface area (TPSA) is 71.5 Å². The Morgan fingerprint density at radius 2 is 1.89 bits per heavy atom. The van der Waals surface area contributed by atoms with Gasteiger partial charge in [0.05, 0.1) is 25.9 Å². The third-order valence-electron chi connectivity index (χ3n) is 2.41. The number of nitrogens with zero attached hydrogens (tertiary/aromatic N) is 1. The van der Waals surface area contributed by atoms with Crippen LogP contribution in [0.1, 0.15) is 10.5 Å². The van der Waals surface area contributed by atoms with Crippen LogP contribution in [0.15, 0.2) is 24.3 Å². The van der Waals surface area contributed by atoms with Gasteiger partial charge in [-0.25, -0.2) is 4.98 Å². The summed E-state index contributed by atoms with van der Waals surface area (Å²) in [5, 5.41) is 11.5. The molecule has 0 radical (unpaired) electrons. The quantitative estimate of drug-likeness (QED) is 0.583. The summed E-state index contributed by atoms with van der Waals surface area (Å²) in [5.41, 5.74) is 0.257. The van der Waals surface area contributed by atoms with E-state index in [0.29, 0.717) is 22.4 Å². The van der Waals surface area contributed by atoms with E-state index < -0.39 is 5.97 Å². The maximum Gasteiger partial charge on any atom is 1.00 e. The molecule has 0 unspecified atom stereocenters. The third kappa shape index (κ3) is 2.84. The van der Waals surface area contributed by atoms with Gasteiger partial charge >= 0.3 is 51.4 Å². The standard InChI is InChI=1S/C12H11NO4.K/c1-16-9-5-3-4-7-10(17-2)6-8(12(14)15)13-11(7)9;/h3-6H,1-2H3,(H,14,15);/q;+1/p-1. The van der Waals surface area contributed by atoms with Crippen molar-refractivity contribution < 1.29 is 70.8 Å². The second kappa shape index (κ2) is 6.49. The number of ether oxygens (including phenoxy) is 2. The second-order valence-electron chi connectivity index (χ2n) is 3.35. The molecule has 0 N–H and O–H groups in total. The fourth-order valence-corrected chi connectivity index (χ4v) is 1.63. The van der Waals surface area contributed by atoms with Gasteiger partial charge in [-0.05, 0) is 12.1 Å². The Morgan fingerprint density at radius 1 is 1.22 bits per heavy atom. The van der Waals surface area contributed by atoms with Crippen molar-refractivity contribution in [1.82, 2.24) is 4.98 Å². The molecule has 0 aliphatic heterocycles. The molecule has 0 fully saturated rings. The Balaban J connectivity index is 0.00000162. The molecule has 0 aliphatic rings. The number of rotatable bonds is 3. The number of para-hydroxylation sites is 1. The zero-order valence-corrected chi connectivity index (χ0v) is 13.5. The molecule has 1 aromatic heterocycles. The molecule has 2 aromatic rings. The first-order chi connectivity index (χ1) is 8.17. The van der Waals surface area contributed by atoms with Crippen LogP contribution in [0.3, 0.4) is 0 Å². The minimum Gasteiger partial charge on any atom is -0.543 e. The number of carbonyl (C=O) groups is 1. The number of hydrogen-bond acceptors (Lipinski definition) is 5. The van der Waals surface area contributed by atoms with Crippen molar-refractivity contribution in [1.29, 1.82) is 0 Å². The van der Waals surface area contributed by atoms with Gasteiger partial charge in [-0.1, -0.05) is 6.07 Å². The summed E-state index contributed by atoms with van der Waals surface area (Å²) in [7, 11) is 2.96. The number of carboxylic acids is 1. The van der Waals surface area contributed by atoms with Crippen LogP contribution in [0, 0.1) is 0 Å². The Hall–Kier alpha value is -0.664. The van der Waals surface area contributed by atoms with Crippen LogP contribution in [-0.4, -0.2) is 25.2 Å². The number of aromatic nitrogens is 1. The van der Waals surface area contributed by atoms with Crippen molar-refractivity contribution in [2.75, 3.05) is 14.2 Å². The maximum absolute atomic E-state index is 10.8.